The number of furan rings is 1. The van der Waals surface area contributed by atoms with Gasteiger partial charge in [-0.3, -0.25) is 4.79 Å². The zero-order valence-corrected chi connectivity index (χ0v) is 13.7. The number of hydrogen-bond acceptors (Lipinski definition) is 4. The molecule has 0 aliphatic carbocycles. The Labute approximate surface area is 143 Å². The van der Waals surface area contributed by atoms with Gasteiger partial charge in [-0.15, -0.1) is 0 Å². The summed E-state index contributed by atoms with van der Waals surface area (Å²) in [4.78, 5) is 12.5. The van der Waals surface area contributed by atoms with Crippen molar-refractivity contribution in [2.45, 2.75) is 13.0 Å². The highest BCUT2D eigenvalue weighted by molar-refractivity contribution is 6.32. The fourth-order valence-electron chi connectivity index (χ4n) is 2.37. The minimum absolute atomic E-state index is 0.264. The van der Waals surface area contributed by atoms with E-state index < -0.39 is 11.9 Å². The smallest absolute Gasteiger partial charge is 0.272 e. The fourth-order valence-corrected chi connectivity index (χ4v) is 2.59. The first-order valence-electron chi connectivity index (χ1n) is 7.36. The molecule has 0 radical (unpaired) electrons. The summed E-state index contributed by atoms with van der Waals surface area (Å²) in [6.07, 6.45) is 3.22. The van der Waals surface area contributed by atoms with Gasteiger partial charge in [0.05, 0.1) is 23.6 Å². The van der Waals surface area contributed by atoms with Crippen LogP contribution in [0.25, 0.3) is 5.69 Å². The van der Waals surface area contributed by atoms with Gasteiger partial charge >= 0.3 is 0 Å². The van der Waals surface area contributed by atoms with Crippen molar-refractivity contribution in [2.24, 2.45) is 0 Å². The van der Waals surface area contributed by atoms with Crippen LogP contribution in [-0.4, -0.2) is 27.4 Å². The number of halogens is 1. The van der Waals surface area contributed by atoms with E-state index in [1.54, 1.807) is 36.0 Å². The first-order valence-corrected chi connectivity index (χ1v) is 7.74. The molecule has 3 rings (SSSR count). The molecule has 0 aliphatic rings. The van der Waals surface area contributed by atoms with Crippen molar-refractivity contribution in [1.29, 1.82) is 0 Å². The van der Waals surface area contributed by atoms with Crippen LogP contribution in [0, 0.1) is 6.92 Å². The van der Waals surface area contributed by atoms with Crippen molar-refractivity contribution in [3.63, 3.8) is 0 Å². The van der Waals surface area contributed by atoms with E-state index in [9.17, 15) is 9.90 Å². The third-order valence-electron chi connectivity index (χ3n) is 3.59. The van der Waals surface area contributed by atoms with Gasteiger partial charge in [0.25, 0.3) is 5.91 Å². The van der Waals surface area contributed by atoms with Crippen molar-refractivity contribution in [3.05, 3.63) is 70.9 Å². The lowest BCUT2D eigenvalue weighted by atomic mass is 10.2. The summed E-state index contributed by atoms with van der Waals surface area (Å²) in [5.74, 6) is 0.0859. The molecule has 2 heterocycles. The Bertz CT molecular complexity index is 843. The number of carbonyl (C=O) groups is 1. The summed E-state index contributed by atoms with van der Waals surface area (Å²) in [6.45, 7) is 1.51. The molecular formula is C17H16ClN3O3. The molecule has 1 amide bonds. The van der Waals surface area contributed by atoms with Crippen molar-refractivity contribution in [1.82, 2.24) is 15.1 Å². The van der Waals surface area contributed by atoms with Crippen molar-refractivity contribution >= 4 is 17.5 Å². The summed E-state index contributed by atoms with van der Waals surface area (Å²) >= 11 is 6.17. The van der Waals surface area contributed by atoms with Crippen LogP contribution in [0.3, 0.4) is 0 Å². The summed E-state index contributed by atoms with van der Waals surface area (Å²) in [6, 6.07) is 10.00. The van der Waals surface area contributed by atoms with Crippen molar-refractivity contribution in [2.75, 3.05) is 6.61 Å². The quantitative estimate of drug-likeness (QED) is 0.745. The summed E-state index contributed by atoms with van der Waals surface area (Å²) in [5, 5.41) is 17.0. The third kappa shape index (κ3) is 3.20. The summed E-state index contributed by atoms with van der Waals surface area (Å²) in [7, 11) is 0. The van der Waals surface area contributed by atoms with E-state index in [0.29, 0.717) is 22.0 Å². The van der Waals surface area contributed by atoms with E-state index in [2.05, 4.69) is 10.4 Å². The molecule has 0 saturated heterocycles. The highest BCUT2D eigenvalue weighted by Crippen LogP contribution is 2.21. The second-order valence-electron chi connectivity index (χ2n) is 5.28. The zero-order chi connectivity index (χ0) is 17.1. The molecule has 2 N–H and O–H groups in total. The maximum Gasteiger partial charge on any atom is 0.272 e. The SMILES string of the molecule is Cc1cn(-c2ccccc2Cl)nc1C(=O)NC(CO)c1ccco1. The molecule has 2 aromatic heterocycles. The molecule has 0 spiro atoms. The van der Waals surface area contributed by atoms with Crippen LogP contribution >= 0.6 is 11.6 Å². The minimum Gasteiger partial charge on any atom is -0.467 e. The van der Waals surface area contributed by atoms with Crippen LogP contribution in [0.1, 0.15) is 27.9 Å². The number of nitrogens with zero attached hydrogens (tertiary/aromatic N) is 2. The van der Waals surface area contributed by atoms with E-state index in [4.69, 9.17) is 16.0 Å². The Morgan fingerprint density at radius 3 is 2.83 bits per heavy atom. The second-order valence-corrected chi connectivity index (χ2v) is 5.69. The first-order chi connectivity index (χ1) is 11.6. The Morgan fingerprint density at radius 2 is 2.17 bits per heavy atom. The molecule has 124 valence electrons. The lowest BCUT2D eigenvalue weighted by molar-refractivity contribution is 0.0901. The van der Waals surface area contributed by atoms with Gasteiger partial charge in [-0.05, 0) is 31.2 Å². The van der Waals surface area contributed by atoms with Crippen LogP contribution in [0.4, 0.5) is 0 Å². The lowest BCUT2D eigenvalue weighted by Gasteiger charge is -2.13. The lowest BCUT2D eigenvalue weighted by Crippen LogP contribution is -2.31. The second kappa shape index (κ2) is 6.90. The average molecular weight is 346 g/mol. The number of aryl methyl sites for hydroxylation is 1. The number of nitrogens with one attached hydrogen (secondary N) is 1. The fraction of sp³-hybridized carbons (Fsp3) is 0.176. The molecule has 7 heteroatoms. The maximum absolute atomic E-state index is 12.5. The van der Waals surface area contributed by atoms with E-state index in [1.165, 1.54) is 6.26 Å². The average Bonchev–Trinajstić information content (AvgIpc) is 3.22. The predicted molar refractivity (Wildman–Crippen MR) is 89.3 cm³/mol. The van der Waals surface area contributed by atoms with E-state index in [0.717, 1.165) is 0 Å². The molecule has 6 nitrogen and oxygen atoms in total. The Kier molecular flexibility index (Phi) is 4.69. The van der Waals surface area contributed by atoms with Gasteiger partial charge in [-0.2, -0.15) is 5.10 Å². The number of benzene rings is 1. The van der Waals surface area contributed by atoms with Gasteiger partial charge < -0.3 is 14.8 Å². The number of amides is 1. The molecule has 0 fully saturated rings. The van der Waals surface area contributed by atoms with Gasteiger partial charge in [0.15, 0.2) is 5.69 Å². The maximum atomic E-state index is 12.5. The van der Waals surface area contributed by atoms with E-state index in [-0.39, 0.29) is 12.3 Å². The van der Waals surface area contributed by atoms with Crippen molar-refractivity contribution in [3.8, 4) is 5.69 Å². The van der Waals surface area contributed by atoms with Gasteiger partial charge in [0.1, 0.15) is 11.8 Å². The van der Waals surface area contributed by atoms with Crippen LogP contribution in [0.2, 0.25) is 5.02 Å². The molecule has 24 heavy (non-hydrogen) atoms. The molecule has 0 aliphatic heterocycles. The molecular weight excluding hydrogens is 330 g/mol. The molecule has 0 bridgehead atoms. The number of rotatable bonds is 5. The van der Waals surface area contributed by atoms with Gasteiger partial charge in [-0.1, -0.05) is 23.7 Å². The highest BCUT2D eigenvalue weighted by atomic mass is 35.5. The molecule has 1 atom stereocenters. The Balaban J connectivity index is 1.85. The molecule has 1 unspecified atom stereocenters. The highest BCUT2D eigenvalue weighted by Gasteiger charge is 2.21. The number of aromatic nitrogens is 2. The molecule has 3 aromatic rings. The number of hydrogen-bond donors (Lipinski definition) is 2. The van der Waals surface area contributed by atoms with Crippen molar-refractivity contribution < 1.29 is 14.3 Å². The molecule has 0 saturated carbocycles. The van der Waals surface area contributed by atoms with Gasteiger partial charge in [0, 0.05) is 11.8 Å². The largest absolute Gasteiger partial charge is 0.467 e. The predicted octanol–water partition coefficient (Wildman–Crippen LogP) is 2.89. The van der Waals surface area contributed by atoms with Gasteiger partial charge in [-0.25, -0.2) is 4.68 Å². The minimum atomic E-state index is -0.627. The van der Waals surface area contributed by atoms with Crippen LogP contribution in [0.15, 0.2) is 53.3 Å². The Hall–Kier alpha value is -2.57. The summed E-state index contributed by atoms with van der Waals surface area (Å²) < 4.78 is 6.79. The monoisotopic (exact) mass is 345 g/mol. The Morgan fingerprint density at radius 1 is 1.38 bits per heavy atom. The normalized spacial score (nSPS) is 12.1. The molecule has 1 aromatic carbocycles. The topological polar surface area (TPSA) is 80.3 Å². The standard InChI is InChI=1S/C17H16ClN3O3/c1-11-9-21(14-6-3-2-5-12(14)18)20-16(11)17(23)19-13(10-22)15-7-4-8-24-15/h2-9,13,22H,10H2,1H3,(H,19,23). The number of carbonyl (C=O) groups excluding carboxylic acids is 1. The number of para-hydroxylation sites is 1. The van der Waals surface area contributed by atoms with Crippen LogP contribution < -0.4 is 5.32 Å². The van der Waals surface area contributed by atoms with Crippen LogP contribution in [-0.2, 0) is 0 Å². The first kappa shape index (κ1) is 16.3. The number of aliphatic hydroxyl groups excluding tert-OH is 1. The third-order valence-corrected chi connectivity index (χ3v) is 3.91. The van der Waals surface area contributed by atoms with Crippen LogP contribution in [0.5, 0.6) is 0 Å². The van der Waals surface area contributed by atoms with E-state index >= 15 is 0 Å². The van der Waals surface area contributed by atoms with E-state index in [1.807, 2.05) is 18.2 Å². The summed E-state index contributed by atoms with van der Waals surface area (Å²) in [5.41, 5.74) is 1.65. The van der Waals surface area contributed by atoms with Gasteiger partial charge in [0.2, 0.25) is 0 Å². The zero-order valence-electron chi connectivity index (χ0n) is 12.9. The number of aliphatic hydroxyl groups is 1.